The van der Waals surface area contributed by atoms with Crippen LogP contribution >= 0.6 is 0 Å². The zero-order chi connectivity index (χ0) is 11.8. The molecule has 17 heavy (non-hydrogen) atoms. The van der Waals surface area contributed by atoms with E-state index in [1.165, 1.54) is 6.26 Å². The molecule has 0 aliphatic rings. The highest BCUT2D eigenvalue weighted by atomic mass is 16.3. The number of nitrogens with zero attached hydrogens (tertiary/aromatic N) is 2. The summed E-state index contributed by atoms with van der Waals surface area (Å²) < 4.78 is 6.92. The van der Waals surface area contributed by atoms with Crippen molar-refractivity contribution < 1.29 is 9.21 Å². The Morgan fingerprint density at radius 1 is 1.29 bits per heavy atom. The molecule has 0 unspecified atom stereocenters. The van der Waals surface area contributed by atoms with E-state index in [4.69, 9.17) is 4.42 Å². The smallest absolute Gasteiger partial charge is 0.214 e. The molecule has 0 N–H and O–H groups in total. The molecule has 4 heteroatoms. The molecule has 0 radical (unpaired) electrons. The molecule has 0 atom stereocenters. The minimum absolute atomic E-state index is 0.0741. The Morgan fingerprint density at radius 3 is 2.88 bits per heavy atom. The van der Waals surface area contributed by atoms with Gasteiger partial charge in [0.2, 0.25) is 5.78 Å². The fourth-order valence-electron chi connectivity index (χ4n) is 1.89. The highest BCUT2D eigenvalue weighted by Gasteiger charge is 2.17. The number of carbonyl (C=O) groups excluding carboxylic acids is 1. The lowest BCUT2D eigenvalue weighted by molar-refractivity contribution is 0.103. The number of hydrogen-bond acceptors (Lipinski definition) is 3. The van der Waals surface area contributed by atoms with Gasteiger partial charge in [-0.1, -0.05) is 18.2 Å². The molecule has 2 heterocycles. The van der Waals surface area contributed by atoms with E-state index in [0.717, 1.165) is 11.0 Å². The van der Waals surface area contributed by atoms with Crippen molar-refractivity contribution in [3.05, 3.63) is 54.0 Å². The molecule has 0 saturated carbocycles. The lowest BCUT2D eigenvalue weighted by Crippen LogP contribution is -2.07. The molecule has 0 spiro atoms. The molecule has 0 bridgehead atoms. The average Bonchev–Trinajstić information content (AvgIpc) is 2.94. The maximum atomic E-state index is 12.3. The van der Waals surface area contributed by atoms with Gasteiger partial charge in [-0.15, -0.1) is 0 Å². The third-order valence-electron chi connectivity index (χ3n) is 2.78. The third kappa shape index (κ3) is 1.45. The van der Waals surface area contributed by atoms with Gasteiger partial charge in [-0.2, -0.15) is 5.10 Å². The normalized spacial score (nSPS) is 10.9. The Morgan fingerprint density at radius 2 is 2.12 bits per heavy atom. The lowest BCUT2D eigenvalue weighted by Gasteiger charge is -1.98. The second-order valence-corrected chi connectivity index (χ2v) is 3.81. The van der Waals surface area contributed by atoms with Gasteiger partial charge in [0, 0.05) is 18.6 Å². The van der Waals surface area contributed by atoms with E-state index in [1.807, 2.05) is 24.3 Å². The maximum absolute atomic E-state index is 12.3. The minimum Gasteiger partial charge on any atom is -0.464 e. The fourth-order valence-corrected chi connectivity index (χ4v) is 1.89. The van der Waals surface area contributed by atoms with Crippen molar-refractivity contribution in [2.45, 2.75) is 0 Å². The first kappa shape index (κ1) is 9.84. The molecular weight excluding hydrogens is 216 g/mol. The number of benzene rings is 1. The van der Waals surface area contributed by atoms with Crippen LogP contribution in [-0.4, -0.2) is 15.6 Å². The van der Waals surface area contributed by atoms with E-state index in [9.17, 15) is 4.79 Å². The van der Waals surface area contributed by atoms with Crippen molar-refractivity contribution in [3.63, 3.8) is 0 Å². The number of aryl methyl sites for hydroxylation is 1. The molecule has 0 fully saturated rings. The van der Waals surface area contributed by atoms with Crippen LogP contribution in [0.4, 0.5) is 0 Å². The van der Waals surface area contributed by atoms with Crippen molar-refractivity contribution in [1.82, 2.24) is 9.78 Å². The monoisotopic (exact) mass is 226 g/mol. The van der Waals surface area contributed by atoms with Gasteiger partial charge in [0.25, 0.3) is 0 Å². The molecule has 4 nitrogen and oxygen atoms in total. The number of hydrogen-bond donors (Lipinski definition) is 0. The largest absolute Gasteiger partial charge is 0.464 e. The van der Waals surface area contributed by atoms with E-state index in [1.54, 1.807) is 24.0 Å². The van der Waals surface area contributed by atoms with Gasteiger partial charge in [-0.3, -0.25) is 9.48 Å². The van der Waals surface area contributed by atoms with Gasteiger partial charge in [0.15, 0.2) is 0 Å². The molecule has 0 saturated heterocycles. The maximum Gasteiger partial charge on any atom is 0.214 e. The van der Waals surface area contributed by atoms with Gasteiger partial charge < -0.3 is 4.42 Å². The van der Waals surface area contributed by atoms with E-state index in [2.05, 4.69) is 5.10 Å². The number of ketones is 1. The lowest BCUT2D eigenvalue weighted by atomic mass is 10.1. The van der Waals surface area contributed by atoms with E-state index < -0.39 is 0 Å². The van der Waals surface area contributed by atoms with Crippen LogP contribution < -0.4 is 0 Å². The number of furan rings is 1. The van der Waals surface area contributed by atoms with Crippen LogP contribution in [0.3, 0.4) is 0 Å². The van der Waals surface area contributed by atoms with Crippen molar-refractivity contribution >= 4 is 16.8 Å². The number of fused-ring (bicyclic) bond motifs is 1. The SMILES string of the molecule is Cn1nccc1C(=O)c1coc2ccccc12. The van der Waals surface area contributed by atoms with Crippen molar-refractivity contribution in [2.75, 3.05) is 0 Å². The predicted octanol–water partition coefficient (Wildman–Crippen LogP) is 2.40. The molecule has 0 amide bonds. The Balaban J connectivity index is 2.17. The van der Waals surface area contributed by atoms with E-state index >= 15 is 0 Å². The molecular formula is C13H10N2O2. The van der Waals surface area contributed by atoms with Crippen LogP contribution in [0, 0.1) is 0 Å². The van der Waals surface area contributed by atoms with Crippen LogP contribution in [0.15, 0.2) is 47.2 Å². The molecule has 0 aliphatic heterocycles. The summed E-state index contributed by atoms with van der Waals surface area (Å²) in [6, 6.07) is 9.18. The Kier molecular flexibility index (Phi) is 2.08. The summed E-state index contributed by atoms with van der Waals surface area (Å²) in [5.74, 6) is -0.0741. The van der Waals surface area contributed by atoms with E-state index in [-0.39, 0.29) is 5.78 Å². The first-order valence-electron chi connectivity index (χ1n) is 5.26. The molecule has 84 valence electrons. The standard InChI is InChI=1S/C13H10N2O2/c1-15-11(6-7-14-15)13(16)10-8-17-12-5-3-2-4-9(10)12/h2-8H,1H3. The highest BCUT2D eigenvalue weighted by Crippen LogP contribution is 2.22. The van der Waals surface area contributed by atoms with Crippen LogP contribution in [0.1, 0.15) is 16.1 Å². The molecule has 1 aromatic carbocycles. The first-order chi connectivity index (χ1) is 8.27. The number of rotatable bonds is 2. The summed E-state index contributed by atoms with van der Waals surface area (Å²) in [6.45, 7) is 0. The van der Waals surface area contributed by atoms with Crippen LogP contribution in [0.2, 0.25) is 0 Å². The van der Waals surface area contributed by atoms with Gasteiger partial charge in [0.05, 0.1) is 5.56 Å². The van der Waals surface area contributed by atoms with Crippen LogP contribution in [0.5, 0.6) is 0 Å². The number of para-hydroxylation sites is 1. The predicted molar refractivity (Wildman–Crippen MR) is 62.9 cm³/mol. The van der Waals surface area contributed by atoms with Gasteiger partial charge in [0.1, 0.15) is 17.5 Å². The Bertz CT molecular complexity index is 694. The minimum atomic E-state index is -0.0741. The number of aromatic nitrogens is 2. The van der Waals surface area contributed by atoms with Crippen LogP contribution in [0.25, 0.3) is 11.0 Å². The average molecular weight is 226 g/mol. The van der Waals surface area contributed by atoms with Crippen molar-refractivity contribution in [2.24, 2.45) is 7.05 Å². The second kappa shape index (κ2) is 3.59. The van der Waals surface area contributed by atoms with Gasteiger partial charge in [-0.25, -0.2) is 0 Å². The summed E-state index contributed by atoms with van der Waals surface area (Å²) in [5, 5.41) is 4.82. The quantitative estimate of drug-likeness (QED) is 0.630. The summed E-state index contributed by atoms with van der Waals surface area (Å²) in [6.07, 6.45) is 3.11. The van der Waals surface area contributed by atoms with Crippen molar-refractivity contribution in [3.8, 4) is 0 Å². The first-order valence-corrected chi connectivity index (χ1v) is 5.26. The molecule has 3 aromatic rings. The highest BCUT2D eigenvalue weighted by molar-refractivity contribution is 6.15. The molecule has 2 aromatic heterocycles. The summed E-state index contributed by atoms with van der Waals surface area (Å²) >= 11 is 0. The zero-order valence-electron chi connectivity index (χ0n) is 9.25. The van der Waals surface area contributed by atoms with Crippen LogP contribution in [-0.2, 0) is 7.05 Å². The molecule has 3 rings (SSSR count). The second-order valence-electron chi connectivity index (χ2n) is 3.81. The topological polar surface area (TPSA) is 48.0 Å². The van der Waals surface area contributed by atoms with E-state index in [0.29, 0.717) is 11.3 Å². The Labute approximate surface area is 97.5 Å². The zero-order valence-corrected chi connectivity index (χ0v) is 9.25. The summed E-state index contributed by atoms with van der Waals surface area (Å²) in [7, 11) is 1.75. The van der Waals surface area contributed by atoms with Gasteiger partial charge >= 0.3 is 0 Å². The number of carbonyl (C=O) groups is 1. The summed E-state index contributed by atoms with van der Waals surface area (Å²) in [5.41, 5.74) is 1.85. The summed E-state index contributed by atoms with van der Waals surface area (Å²) in [4.78, 5) is 12.3. The molecule has 0 aliphatic carbocycles. The van der Waals surface area contributed by atoms with Crippen molar-refractivity contribution in [1.29, 1.82) is 0 Å². The third-order valence-corrected chi connectivity index (χ3v) is 2.78. The fraction of sp³-hybridized carbons (Fsp3) is 0.0769. The van der Waals surface area contributed by atoms with Gasteiger partial charge in [-0.05, 0) is 12.1 Å². The Hall–Kier alpha value is -2.36.